The highest BCUT2D eigenvalue weighted by atomic mass is 127. The lowest BCUT2D eigenvalue weighted by Gasteiger charge is -2.34. The summed E-state index contributed by atoms with van der Waals surface area (Å²) in [6, 6.07) is 10.5. The number of hydrogen-bond acceptors (Lipinski definition) is 6. The number of halogens is 1. The minimum atomic E-state index is 0. The van der Waals surface area contributed by atoms with Gasteiger partial charge in [0.1, 0.15) is 0 Å². The molecule has 0 spiro atoms. The van der Waals surface area contributed by atoms with Crippen LogP contribution in [-0.2, 0) is 11.3 Å². The molecule has 0 bridgehead atoms. The van der Waals surface area contributed by atoms with Crippen molar-refractivity contribution in [2.75, 3.05) is 53.6 Å². The van der Waals surface area contributed by atoms with Crippen LogP contribution in [0.2, 0.25) is 0 Å². The van der Waals surface area contributed by atoms with E-state index in [9.17, 15) is 0 Å². The van der Waals surface area contributed by atoms with E-state index in [1.807, 2.05) is 18.2 Å². The normalized spacial score (nSPS) is 15.6. The van der Waals surface area contributed by atoms with Gasteiger partial charge in [0.15, 0.2) is 17.5 Å². The number of benzene rings is 1. The van der Waals surface area contributed by atoms with Gasteiger partial charge in [-0.1, -0.05) is 18.2 Å². The average Bonchev–Trinajstić information content (AvgIpc) is 3.32. The van der Waals surface area contributed by atoms with Crippen molar-refractivity contribution in [3.8, 4) is 11.5 Å². The highest BCUT2D eigenvalue weighted by Crippen LogP contribution is 2.31. The van der Waals surface area contributed by atoms with Crippen molar-refractivity contribution in [2.24, 2.45) is 4.99 Å². The molecule has 1 aromatic carbocycles. The van der Waals surface area contributed by atoms with Gasteiger partial charge in [0, 0.05) is 36.6 Å². The van der Waals surface area contributed by atoms with E-state index in [1.54, 1.807) is 25.6 Å². The quantitative estimate of drug-likeness (QED) is 0.278. The van der Waals surface area contributed by atoms with Crippen LogP contribution in [-0.4, -0.2) is 64.5 Å². The van der Waals surface area contributed by atoms with Crippen molar-refractivity contribution >= 4 is 41.3 Å². The van der Waals surface area contributed by atoms with E-state index >= 15 is 0 Å². The maximum atomic E-state index is 5.54. The number of thiophene rings is 1. The highest BCUT2D eigenvalue weighted by Gasteiger charge is 2.23. The molecule has 7 nitrogen and oxygen atoms in total. The van der Waals surface area contributed by atoms with E-state index in [0.717, 1.165) is 56.7 Å². The lowest BCUT2D eigenvalue weighted by atomic mass is 10.2. The van der Waals surface area contributed by atoms with Gasteiger partial charge in [-0.05, 0) is 24.4 Å². The fourth-order valence-electron chi connectivity index (χ4n) is 3.56. The molecule has 1 atom stereocenters. The van der Waals surface area contributed by atoms with E-state index in [1.165, 1.54) is 4.88 Å². The number of para-hydroxylation sites is 1. The SMILES string of the molecule is CCNC(=NCc1cccc(OC)c1OC)NCC(c1cccs1)N1CCOCC1.I. The minimum absolute atomic E-state index is 0. The zero-order valence-corrected chi connectivity index (χ0v) is 21.6. The Morgan fingerprint density at radius 2 is 1.97 bits per heavy atom. The van der Waals surface area contributed by atoms with Gasteiger partial charge >= 0.3 is 0 Å². The number of morpholine rings is 1. The summed E-state index contributed by atoms with van der Waals surface area (Å²) in [5.74, 6) is 2.23. The third-order valence-corrected chi connectivity index (χ3v) is 6.03. The van der Waals surface area contributed by atoms with Crippen LogP contribution in [0.5, 0.6) is 11.5 Å². The van der Waals surface area contributed by atoms with Crippen LogP contribution in [0.3, 0.4) is 0 Å². The van der Waals surface area contributed by atoms with Gasteiger partial charge < -0.3 is 24.8 Å². The number of rotatable bonds is 9. The van der Waals surface area contributed by atoms with Gasteiger partial charge in [-0.2, -0.15) is 0 Å². The zero-order valence-electron chi connectivity index (χ0n) is 18.4. The molecule has 1 fully saturated rings. The van der Waals surface area contributed by atoms with Gasteiger partial charge in [0.05, 0.1) is 40.0 Å². The van der Waals surface area contributed by atoms with Crippen LogP contribution in [0.1, 0.15) is 23.4 Å². The number of hydrogen-bond donors (Lipinski definition) is 2. The molecule has 31 heavy (non-hydrogen) atoms. The molecule has 0 amide bonds. The minimum Gasteiger partial charge on any atom is -0.493 e. The molecule has 1 aliphatic rings. The molecule has 0 aliphatic carbocycles. The molecular formula is C22H33IN4O3S. The summed E-state index contributed by atoms with van der Waals surface area (Å²) in [5, 5.41) is 9.02. The van der Waals surface area contributed by atoms with Crippen molar-refractivity contribution in [1.29, 1.82) is 0 Å². The lowest BCUT2D eigenvalue weighted by molar-refractivity contribution is 0.0177. The molecule has 1 aromatic heterocycles. The van der Waals surface area contributed by atoms with Crippen LogP contribution >= 0.6 is 35.3 Å². The fraction of sp³-hybridized carbons (Fsp3) is 0.500. The Bertz CT molecular complexity index is 798. The molecule has 0 saturated carbocycles. The van der Waals surface area contributed by atoms with E-state index in [4.69, 9.17) is 19.2 Å². The Kier molecular flexibility index (Phi) is 11.4. The van der Waals surface area contributed by atoms with Gasteiger partial charge in [-0.15, -0.1) is 35.3 Å². The molecule has 2 aromatic rings. The molecule has 2 N–H and O–H groups in total. The Hall–Kier alpha value is -1.56. The standard InChI is InChI=1S/C22H32N4O3S.HI/c1-4-23-22(24-15-17-7-5-8-19(27-2)21(17)28-3)25-16-18(20-9-6-14-30-20)26-10-12-29-13-11-26;/h5-9,14,18H,4,10-13,15-16H2,1-3H3,(H2,23,24,25);1H. The Morgan fingerprint density at radius 3 is 2.61 bits per heavy atom. The molecule has 1 saturated heterocycles. The Morgan fingerprint density at radius 1 is 1.16 bits per heavy atom. The van der Waals surface area contributed by atoms with Crippen LogP contribution in [0.25, 0.3) is 0 Å². The predicted octanol–water partition coefficient (Wildman–Crippen LogP) is 3.51. The second-order valence-corrected chi connectivity index (χ2v) is 7.89. The van der Waals surface area contributed by atoms with Crippen LogP contribution in [0.4, 0.5) is 0 Å². The zero-order chi connectivity index (χ0) is 21.2. The second-order valence-electron chi connectivity index (χ2n) is 6.91. The van der Waals surface area contributed by atoms with Crippen LogP contribution in [0, 0.1) is 0 Å². The van der Waals surface area contributed by atoms with Gasteiger partial charge in [0.2, 0.25) is 0 Å². The van der Waals surface area contributed by atoms with E-state index in [2.05, 4.69) is 40.0 Å². The largest absolute Gasteiger partial charge is 0.493 e. The molecule has 9 heteroatoms. The fourth-order valence-corrected chi connectivity index (χ4v) is 4.42. The van der Waals surface area contributed by atoms with E-state index in [-0.39, 0.29) is 24.0 Å². The molecule has 1 unspecified atom stereocenters. The van der Waals surface area contributed by atoms with Crippen molar-refractivity contribution in [2.45, 2.75) is 19.5 Å². The van der Waals surface area contributed by atoms with Gasteiger partial charge in [-0.3, -0.25) is 4.90 Å². The van der Waals surface area contributed by atoms with Crippen molar-refractivity contribution in [3.05, 3.63) is 46.2 Å². The number of nitrogens with one attached hydrogen (secondary N) is 2. The molecule has 0 radical (unpaired) electrons. The third-order valence-electron chi connectivity index (χ3n) is 5.06. The summed E-state index contributed by atoms with van der Waals surface area (Å²) in [7, 11) is 3.30. The summed E-state index contributed by atoms with van der Waals surface area (Å²) in [4.78, 5) is 8.62. The number of ether oxygens (including phenoxy) is 3. The predicted molar refractivity (Wildman–Crippen MR) is 137 cm³/mol. The number of nitrogens with zero attached hydrogens (tertiary/aromatic N) is 2. The molecule has 3 rings (SSSR count). The van der Waals surface area contributed by atoms with Crippen molar-refractivity contribution in [1.82, 2.24) is 15.5 Å². The first-order valence-corrected chi connectivity index (χ1v) is 11.2. The lowest BCUT2D eigenvalue weighted by Crippen LogP contribution is -2.46. The first-order valence-electron chi connectivity index (χ1n) is 10.3. The smallest absolute Gasteiger partial charge is 0.191 e. The number of methoxy groups -OCH3 is 2. The summed E-state index contributed by atoms with van der Waals surface area (Å²) < 4.78 is 16.5. The second kappa shape index (κ2) is 13.8. The summed E-state index contributed by atoms with van der Waals surface area (Å²) >= 11 is 1.80. The monoisotopic (exact) mass is 560 g/mol. The maximum absolute atomic E-state index is 5.54. The topological polar surface area (TPSA) is 67.4 Å². The number of guanidine groups is 1. The first kappa shape index (κ1) is 25.7. The summed E-state index contributed by atoms with van der Waals surface area (Å²) in [5.41, 5.74) is 0.983. The van der Waals surface area contributed by atoms with E-state index in [0.29, 0.717) is 18.3 Å². The Labute approximate surface area is 206 Å². The molecule has 2 heterocycles. The summed E-state index contributed by atoms with van der Waals surface area (Å²) in [6.45, 7) is 7.60. The van der Waals surface area contributed by atoms with Crippen LogP contribution < -0.4 is 20.1 Å². The molecular weight excluding hydrogens is 527 g/mol. The average molecular weight is 561 g/mol. The van der Waals surface area contributed by atoms with Crippen molar-refractivity contribution < 1.29 is 14.2 Å². The maximum Gasteiger partial charge on any atom is 0.191 e. The molecule has 1 aliphatic heterocycles. The Balaban J connectivity index is 0.00000341. The van der Waals surface area contributed by atoms with Gasteiger partial charge in [-0.25, -0.2) is 4.99 Å². The summed E-state index contributed by atoms with van der Waals surface area (Å²) in [6.07, 6.45) is 0. The van der Waals surface area contributed by atoms with E-state index < -0.39 is 0 Å². The third kappa shape index (κ3) is 7.23. The van der Waals surface area contributed by atoms with Gasteiger partial charge in [0.25, 0.3) is 0 Å². The van der Waals surface area contributed by atoms with Crippen LogP contribution in [0.15, 0.2) is 40.7 Å². The molecule has 172 valence electrons. The van der Waals surface area contributed by atoms with Crippen molar-refractivity contribution in [3.63, 3.8) is 0 Å². The highest BCUT2D eigenvalue weighted by molar-refractivity contribution is 14.0. The number of aliphatic imine (C=N–C) groups is 1. The first-order chi connectivity index (χ1) is 14.8.